The summed E-state index contributed by atoms with van der Waals surface area (Å²) in [6.07, 6.45) is 4.69. The first-order valence-corrected chi connectivity index (χ1v) is 6.49. The topological polar surface area (TPSA) is 70.2 Å². The van der Waals surface area contributed by atoms with E-state index in [4.69, 9.17) is 0 Å². The Morgan fingerprint density at radius 2 is 2.29 bits per heavy atom. The lowest BCUT2D eigenvalue weighted by atomic mass is 10.1. The van der Waals surface area contributed by atoms with Crippen molar-refractivity contribution in [2.24, 2.45) is 5.92 Å². The van der Waals surface area contributed by atoms with E-state index in [0.717, 1.165) is 18.8 Å². The molecule has 0 spiro atoms. The van der Waals surface area contributed by atoms with Crippen LogP contribution in [0.5, 0.6) is 0 Å². The summed E-state index contributed by atoms with van der Waals surface area (Å²) in [5, 5.41) is 8.71. The Labute approximate surface area is 102 Å². The van der Waals surface area contributed by atoms with Gasteiger partial charge in [0.05, 0.1) is 6.54 Å². The summed E-state index contributed by atoms with van der Waals surface area (Å²) in [7, 11) is 0. The van der Waals surface area contributed by atoms with Crippen LogP contribution in [0.3, 0.4) is 0 Å². The minimum Gasteiger partial charge on any atom is -0.353 e. The predicted octanol–water partition coefficient (Wildman–Crippen LogP) is -0.231. The van der Waals surface area contributed by atoms with E-state index in [9.17, 15) is 9.59 Å². The third-order valence-corrected chi connectivity index (χ3v) is 3.48. The van der Waals surface area contributed by atoms with Crippen molar-refractivity contribution < 1.29 is 9.59 Å². The smallest absolute Gasteiger partial charge is 0.239 e. The maximum absolute atomic E-state index is 12.0. The van der Waals surface area contributed by atoms with Crippen molar-refractivity contribution in [1.82, 2.24) is 16.0 Å². The van der Waals surface area contributed by atoms with Gasteiger partial charge in [-0.1, -0.05) is 19.8 Å². The third kappa shape index (κ3) is 3.70. The van der Waals surface area contributed by atoms with Crippen molar-refractivity contribution in [3.63, 3.8) is 0 Å². The number of hydrogen-bond acceptors (Lipinski definition) is 3. The second-order valence-corrected chi connectivity index (χ2v) is 5.03. The van der Waals surface area contributed by atoms with E-state index in [1.807, 2.05) is 0 Å². The molecule has 2 aliphatic rings. The van der Waals surface area contributed by atoms with Gasteiger partial charge in [0.15, 0.2) is 0 Å². The quantitative estimate of drug-likeness (QED) is 0.620. The molecule has 0 radical (unpaired) electrons. The van der Waals surface area contributed by atoms with E-state index in [0.29, 0.717) is 6.54 Å². The van der Waals surface area contributed by atoms with Crippen molar-refractivity contribution >= 4 is 11.8 Å². The molecule has 1 saturated heterocycles. The van der Waals surface area contributed by atoms with Crippen molar-refractivity contribution in [2.75, 3.05) is 13.1 Å². The molecule has 0 aromatic rings. The minimum absolute atomic E-state index is 0.0116. The molecule has 5 heteroatoms. The van der Waals surface area contributed by atoms with E-state index in [1.165, 1.54) is 12.8 Å². The molecule has 1 saturated carbocycles. The summed E-state index contributed by atoms with van der Waals surface area (Å²) in [4.78, 5) is 22.9. The Bertz CT molecular complexity index is 292. The van der Waals surface area contributed by atoms with Crippen LogP contribution >= 0.6 is 0 Å². The highest BCUT2D eigenvalue weighted by Gasteiger charge is 2.28. The van der Waals surface area contributed by atoms with Gasteiger partial charge in [-0.2, -0.15) is 0 Å². The van der Waals surface area contributed by atoms with Crippen LogP contribution < -0.4 is 16.0 Å². The molecule has 2 atom stereocenters. The Morgan fingerprint density at radius 3 is 2.82 bits per heavy atom. The molecule has 5 nitrogen and oxygen atoms in total. The van der Waals surface area contributed by atoms with Gasteiger partial charge in [0, 0.05) is 12.6 Å². The number of rotatable bonds is 5. The molecule has 1 aliphatic heterocycles. The van der Waals surface area contributed by atoms with Crippen LogP contribution in [-0.2, 0) is 9.59 Å². The van der Waals surface area contributed by atoms with E-state index in [2.05, 4.69) is 22.9 Å². The van der Waals surface area contributed by atoms with Gasteiger partial charge in [0.1, 0.15) is 6.04 Å². The molecule has 3 N–H and O–H groups in total. The molecule has 1 heterocycles. The molecule has 17 heavy (non-hydrogen) atoms. The van der Waals surface area contributed by atoms with Gasteiger partial charge in [-0.3, -0.25) is 14.9 Å². The van der Waals surface area contributed by atoms with Crippen molar-refractivity contribution in [3.05, 3.63) is 0 Å². The lowest BCUT2D eigenvalue weighted by Crippen LogP contribution is -2.59. The van der Waals surface area contributed by atoms with Crippen molar-refractivity contribution in [3.8, 4) is 0 Å². The van der Waals surface area contributed by atoms with Crippen LogP contribution in [0, 0.1) is 5.92 Å². The minimum atomic E-state index is -0.277. The predicted molar refractivity (Wildman–Crippen MR) is 64.4 cm³/mol. The number of carbonyl (C=O) groups excluding carboxylic acids is 2. The Hall–Kier alpha value is -1.10. The zero-order chi connectivity index (χ0) is 12.3. The first kappa shape index (κ1) is 12.4. The number of nitrogens with one attached hydrogen (secondary N) is 3. The van der Waals surface area contributed by atoms with Gasteiger partial charge in [0.2, 0.25) is 11.8 Å². The summed E-state index contributed by atoms with van der Waals surface area (Å²) in [6, 6.07) is 0.00961. The average molecular weight is 239 g/mol. The highest BCUT2D eigenvalue weighted by molar-refractivity contribution is 5.86. The second-order valence-electron chi connectivity index (χ2n) is 5.03. The second kappa shape index (κ2) is 5.49. The third-order valence-electron chi connectivity index (χ3n) is 3.48. The van der Waals surface area contributed by atoms with Gasteiger partial charge in [-0.25, -0.2) is 0 Å². The van der Waals surface area contributed by atoms with Crippen LogP contribution in [0.4, 0.5) is 0 Å². The fraction of sp³-hybridized carbons (Fsp3) is 0.833. The van der Waals surface area contributed by atoms with Gasteiger partial charge in [-0.15, -0.1) is 0 Å². The first-order valence-electron chi connectivity index (χ1n) is 6.49. The average Bonchev–Trinajstić information content (AvgIpc) is 3.13. The van der Waals surface area contributed by atoms with Crippen LogP contribution in [0.15, 0.2) is 0 Å². The van der Waals surface area contributed by atoms with Crippen molar-refractivity contribution in [1.29, 1.82) is 0 Å². The number of amides is 2. The van der Waals surface area contributed by atoms with Gasteiger partial charge in [-0.05, 0) is 18.8 Å². The van der Waals surface area contributed by atoms with Crippen LogP contribution in [-0.4, -0.2) is 37.0 Å². The van der Waals surface area contributed by atoms with Gasteiger partial charge >= 0.3 is 0 Å². The number of carbonyl (C=O) groups is 2. The lowest BCUT2D eigenvalue weighted by Gasteiger charge is -2.25. The molecular weight excluding hydrogens is 218 g/mol. The summed E-state index contributed by atoms with van der Waals surface area (Å²) in [5.41, 5.74) is 0. The van der Waals surface area contributed by atoms with Crippen LogP contribution in [0.25, 0.3) is 0 Å². The molecule has 0 bridgehead atoms. The first-order chi connectivity index (χ1) is 8.19. The maximum Gasteiger partial charge on any atom is 0.239 e. The fourth-order valence-electron chi connectivity index (χ4n) is 2.14. The highest BCUT2D eigenvalue weighted by atomic mass is 16.2. The maximum atomic E-state index is 12.0. The zero-order valence-electron chi connectivity index (χ0n) is 10.3. The monoisotopic (exact) mass is 239 g/mol. The highest BCUT2D eigenvalue weighted by Crippen LogP contribution is 2.33. The molecule has 96 valence electrons. The fourth-order valence-corrected chi connectivity index (χ4v) is 2.14. The summed E-state index contributed by atoms with van der Waals surface area (Å²) in [5.74, 6) is 0.788. The molecule has 1 aliphatic carbocycles. The normalized spacial score (nSPS) is 26.2. The number of piperazine rings is 1. The standard InChI is InChI=1S/C12H21N3O2/c1-2-9(5-8-3-4-8)15-12(17)10-6-14-11(16)7-13-10/h8-10,13H,2-7H2,1H3,(H,14,16)(H,15,17). The van der Waals surface area contributed by atoms with E-state index >= 15 is 0 Å². The Kier molecular flexibility index (Phi) is 3.99. The molecule has 0 aromatic carbocycles. The summed E-state index contributed by atoms with van der Waals surface area (Å²) < 4.78 is 0. The van der Waals surface area contributed by atoms with Crippen LogP contribution in [0.2, 0.25) is 0 Å². The molecule has 2 unspecified atom stereocenters. The van der Waals surface area contributed by atoms with Gasteiger partial charge < -0.3 is 10.6 Å². The molecule has 2 rings (SSSR count). The van der Waals surface area contributed by atoms with E-state index in [-0.39, 0.29) is 30.4 Å². The molecule has 2 amide bonds. The molecular formula is C12H21N3O2. The SMILES string of the molecule is CCC(CC1CC1)NC(=O)C1CNC(=O)CN1. The lowest BCUT2D eigenvalue weighted by molar-refractivity contribution is -0.127. The van der Waals surface area contributed by atoms with E-state index in [1.54, 1.807) is 0 Å². The van der Waals surface area contributed by atoms with Crippen molar-refractivity contribution in [2.45, 2.75) is 44.7 Å². The zero-order valence-corrected chi connectivity index (χ0v) is 10.3. The van der Waals surface area contributed by atoms with E-state index < -0.39 is 0 Å². The Morgan fingerprint density at radius 1 is 1.53 bits per heavy atom. The number of hydrogen-bond donors (Lipinski definition) is 3. The van der Waals surface area contributed by atoms with Gasteiger partial charge in [0.25, 0.3) is 0 Å². The summed E-state index contributed by atoms with van der Waals surface area (Å²) in [6.45, 7) is 2.73. The Balaban J connectivity index is 1.76. The largest absolute Gasteiger partial charge is 0.353 e. The molecule has 2 fully saturated rings. The van der Waals surface area contributed by atoms with Crippen LogP contribution in [0.1, 0.15) is 32.6 Å². The summed E-state index contributed by atoms with van der Waals surface area (Å²) >= 11 is 0. The molecule has 0 aromatic heterocycles.